The Labute approximate surface area is 368 Å². The molecule has 2 atom stereocenters. The summed E-state index contributed by atoms with van der Waals surface area (Å²) in [5.74, 6) is 1.67. The topological polar surface area (TPSA) is 53.1 Å². The van der Waals surface area contributed by atoms with E-state index in [0.29, 0.717) is 0 Å². The van der Waals surface area contributed by atoms with Crippen molar-refractivity contribution in [1.82, 2.24) is 5.32 Å². The molecule has 0 saturated heterocycles. The van der Waals surface area contributed by atoms with Crippen LogP contribution >= 0.6 is 0 Å². The quantitative estimate of drug-likeness (QED) is 0.114. The number of benzene rings is 3. The molecule has 4 aromatic rings. The Bertz CT molecular complexity index is 2760. The Hall–Kier alpha value is -6.98. The van der Waals surface area contributed by atoms with Gasteiger partial charge in [-0.25, -0.2) is 9.98 Å². The van der Waals surface area contributed by atoms with Gasteiger partial charge < -0.3 is 14.6 Å². The summed E-state index contributed by atoms with van der Waals surface area (Å²) in [6.07, 6.45) is 35.9. The van der Waals surface area contributed by atoms with Gasteiger partial charge in [0.1, 0.15) is 22.8 Å². The Morgan fingerprint density at radius 3 is 2.52 bits per heavy atom. The molecule has 5 nitrogen and oxygen atoms in total. The van der Waals surface area contributed by atoms with Gasteiger partial charge >= 0.3 is 0 Å². The van der Waals surface area contributed by atoms with Crippen molar-refractivity contribution in [3.05, 3.63) is 228 Å². The van der Waals surface area contributed by atoms with Crippen LogP contribution in [0.4, 0.5) is 5.69 Å². The van der Waals surface area contributed by atoms with Crippen molar-refractivity contribution in [3.63, 3.8) is 0 Å². The average molecular weight is 815 g/mol. The highest BCUT2D eigenvalue weighted by Gasteiger charge is 2.28. The molecule has 1 N–H and O–H groups in total. The summed E-state index contributed by atoms with van der Waals surface area (Å²) >= 11 is 0. The smallest absolute Gasteiger partial charge is 0.169 e. The Balaban J connectivity index is 0.00000285. The minimum absolute atomic E-state index is 0.199. The Kier molecular flexibility index (Phi) is 13.9. The zero-order valence-corrected chi connectivity index (χ0v) is 36.7. The van der Waals surface area contributed by atoms with E-state index in [9.17, 15) is 0 Å². The summed E-state index contributed by atoms with van der Waals surface area (Å²) in [4.78, 5) is 13.0. The SMILES string of the molecule is C=C/C=C(C1=NC(c2ccc3c(c2)C(=C)/C=C\C=C/N3/C(=C/C)C(=C)CC2=C(CC=C)CCC=C2)N=C(c2ccc3oc4ccccc4c3c2)N1)\C(=C/C)C1C=CC=CC1.CC. The molecule has 0 spiro atoms. The number of hydrogen-bond acceptors (Lipinski definition) is 5. The predicted molar refractivity (Wildman–Crippen MR) is 267 cm³/mol. The maximum atomic E-state index is 6.21. The van der Waals surface area contributed by atoms with Crippen LogP contribution in [0, 0.1) is 5.92 Å². The van der Waals surface area contributed by atoms with E-state index in [4.69, 9.17) is 14.4 Å². The largest absolute Gasteiger partial charge is 0.456 e. The van der Waals surface area contributed by atoms with Gasteiger partial charge in [0.05, 0.1) is 5.69 Å². The van der Waals surface area contributed by atoms with Gasteiger partial charge in [0, 0.05) is 45.3 Å². The van der Waals surface area contributed by atoms with Gasteiger partial charge in [-0.05, 0) is 116 Å². The van der Waals surface area contributed by atoms with Gasteiger partial charge in [0.25, 0.3) is 0 Å². The lowest BCUT2D eigenvalue weighted by Crippen LogP contribution is -2.37. The molecule has 2 unspecified atom stereocenters. The summed E-state index contributed by atoms with van der Waals surface area (Å²) in [6, 6.07) is 20.9. The van der Waals surface area contributed by atoms with Crippen LogP contribution in [-0.2, 0) is 0 Å². The normalized spacial score (nSPS) is 20.0. The molecule has 0 radical (unpaired) electrons. The van der Waals surface area contributed by atoms with E-state index in [1.807, 2.05) is 56.3 Å². The number of allylic oxidation sites excluding steroid dienone is 18. The molecule has 0 bridgehead atoms. The molecule has 62 heavy (non-hydrogen) atoms. The maximum Gasteiger partial charge on any atom is 0.169 e. The molecule has 3 heterocycles. The van der Waals surface area contributed by atoms with Crippen LogP contribution in [0.5, 0.6) is 0 Å². The summed E-state index contributed by atoms with van der Waals surface area (Å²) in [5, 5.41) is 5.78. The third-order valence-electron chi connectivity index (χ3n) is 11.6. The number of fused-ring (bicyclic) bond motifs is 4. The fourth-order valence-corrected chi connectivity index (χ4v) is 8.62. The molecule has 2 aliphatic heterocycles. The highest BCUT2D eigenvalue weighted by Crippen LogP contribution is 2.39. The fraction of sp³-hybridized carbons (Fsp3) is 0.193. The lowest BCUT2D eigenvalue weighted by Gasteiger charge is -2.30. The summed E-state index contributed by atoms with van der Waals surface area (Å²) in [7, 11) is 0. The second kappa shape index (κ2) is 20.1. The van der Waals surface area contributed by atoms with Crippen molar-refractivity contribution in [3.8, 4) is 0 Å². The van der Waals surface area contributed by atoms with Gasteiger partial charge in [0.2, 0.25) is 0 Å². The van der Waals surface area contributed by atoms with Crippen molar-refractivity contribution in [2.45, 2.75) is 66.0 Å². The summed E-state index contributed by atoms with van der Waals surface area (Å²) < 4.78 is 6.21. The molecule has 4 aliphatic rings. The predicted octanol–water partition coefficient (Wildman–Crippen LogP) is 15.2. The van der Waals surface area contributed by atoms with Crippen LogP contribution in [0.3, 0.4) is 0 Å². The third-order valence-corrected chi connectivity index (χ3v) is 11.6. The maximum absolute atomic E-state index is 6.21. The van der Waals surface area contributed by atoms with Crippen LogP contribution in [0.2, 0.25) is 0 Å². The molecule has 8 rings (SSSR count). The molecule has 0 saturated carbocycles. The molecule has 5 heteroatoms. The minimum atomic E-state index is -0.554. The first-order valence-electron chi connectivity index (χ1n) is 21.9. The van der Waals surface area contributed by atoms with Gasteiger partial charge in [-0.3, -0.25) is 0 Å². The number of para-hydroxylation sites is 1. The number of furan rings is 1. The van der Waals surface area contributed by atoms with Crippen LogP contribution in [-0.4, -0.2) is 11.7 Å². The van der Waals surface area contributed by atoms with Gasteiger partial charge in [0.15, 0.2) is 6.17 Å². The minimum Gasteiger partial charge on any atom is -0.456 e. The van der Waals surface area contributed by atoms with E-state index < -0.39 is 6.17 Å². The van der Waals surface area contributed by atoms with Crippen molar-refractivity contribution in [2.75, 3.05) is 4.90 Å². The zero-order chi connectivity index (χ0) is 43.6. The summed E-state index contributed by atoms with van der Waals surface area (Å²) in [6.45, 7) is 25.5. The van der Waals surface area contributed by atoms with Gasteiger partial charge in [-0.15, -0.1) is 6.58 Å². The van der Waals surface area contributed by atoms with E-state index in [-0.39, 0.29) is 5.92 Å². The van der Waals surface area contributed by atoms with Crippen LogP contribution in [0.1, 0.15) is 82.7 Å². The first-order valence-corrected chi connectivity index (χ1v) is 21.9. The number of hydrogen-bond donors (Lipinski definition) is 1. The number of nitrogens with zero attached hydrogens (tertiary/aromatic N) is 3. The highest BCUT2D eigenvalue weighted by molar-refractivity contribution is 6.19. The number of amidine groups is 2. The van der Waals surface area contributed by atoms with E-state index >= 15 is 0 Å². The first-order chi connectivity index (χ1) is 30.4. The molecule has 312 valence electrons. The zero-order valence-electron chi connectivity index (χ0n) is 36.7. The van der Waals surface area contributed by atoms with E-state index in [2.05, 4.69) is 160 Å². The molecule has 3 aromatic carbocycles. The average Bonchev–Trinajstić information content (AvgIpc) is 3.69. The van der Waals surface area contributed by atoms with Gasteiger partial charge in [-0.1, -0.05) is 142 Å². The number of nitrogens with one attached hydrogen (secondary N) is 1. The fourth-order valence-electron chi connectivity index (χ4n) is 8.62. The second-order valence-corrected chi connectivity index (χ2v) is 15.4. The van der Waals surface area contributed by atoms with Gasteiger partial charge in [-0.2, -0.15) is 0 Å². The third kappa shape index (κ3) is 9.03. The van der Waals surface area contributed by atoms with Crippen LogP contribution < -0.4 is 10.2 Å². The van der Waals surface area contributed by atoms with E-state index in [1.54, 1.807) is 0 Å². The summed E-state index contributed by atoms with van der Waals surface area (Å²) in [5.41, 5.74) is 13.5. The molecule has 0 amide bonds. The first kappa shape index (κ1) is 43.1. The van der Waals surface area contributed by atoms with Crippen molar-refractivity contribution >= 4 is 44.9 Å². The molecule has 0 fully saturated rings. The lowest BCUT2D eigenvalue weighted by molar-refractivity contribution is 0.669. The van der Waals surface area contributed by atoms with Crippen LogP contribution in [0.25, 0.3) is 27.5 Å². The van der Waals surface area contributed by atoms with E-state index in [1.165, 1.54) is 16.7 Å². The van der Waals surface area contributed by atoms with Crippen LogP contribution in [0.15, 0.2) is 226 Å². The molecular formula is C57H58N4O. The number of aliphatic imine (C=N–C) groups is 2. The van der Waals surface area contributed by atoms with Crippen molar-refractivity contribution < 1.29 is 4.42 Å². The highest BCUT2D eigenvalue weighted by atomic mass is 16.3. The monoisotopic (exact) mass is 814 g/mol. The number of rotatable bonds is 12. The molecule has 1 aromatic heterocycles. The number of anilines is 1. The molecular weight excluding hydrogens is 757 g/mol. The Morgan fingerprint density at radius 1 is 0.903 bits per heavy atom. The Morgan fingerprint density at radius 2 is 1.74 bits per heavy atom. The molecule has 2 aliphatic carbocycles. The second-order valence-electron chi connectivity index (χ2n) is 15.4. The van der Waals surface area contributed by atoms with Crippen molar-refractivity contribution in [2.24, 2.45) is 15.9 Å². The van der Waals surface area contributed by atoms with Crippen molar-refractivity contribution in [1.29, 1.82) is 0 Å². The lowest BCUT2D eigenvalue weighted by atomic mass is 9.86. The van der Waals surface area contributed by atoms with E-state index in [0.717, 1.165) is 111 Å². The standard InChI is InChI=1S/C55H52N4O.C2H6/c1-7-20-39-23-14-15-26-41(39)34-38(6)49(10-4)59-33-19-18-22-37(5)47-35-42(29-31-50(47)59)53-56-54(43-30-32-52-48(36-43)45-27-16-17-28-51(45)60-52)58-55(57-53)46(21-8-2)44(9-3)40-24-12-11-13-25-40;1-2/h7-13,15-19,21-22,24,26-33,35-36,40,53H,1-2,5-6,14,20,23,25,34H2,3-4H3,(H,56,57,58);1-2H3/b22-18-,33-19-,44-9-,46-21+,49-10+;.